The Morgan fingerprint density at radius 1 is 0.951 bits per heavy atom. The third kappa shape index (κ3) is 5.93. The fraction of sp³-hybridized carbons (Fsp3) is 0.257. The molecule has 208 valence electrons. The molecule has 6 heteroatoms. The molecule has 4 aromatic rings. The molecule has 5 nitrogen and oxygen atoms in total. The van der Waals surface area contributed by atoms with E-state index in [1.54, 1.807) is 6.07 Å². The van der Waals surface area contributed by atoms with Gasteiger partial charge in [-0.1, -0.05) is 66.7 Å². The SMILES string of the molecule is COC(=O)c1cccc(-c2ccc(CNC(=O)[C@@H]3C[C@@H]3c3ccccc3)c3c2CCN(Cc2ccc(F)cc2)C3)c1. The summed E-state index contributed by atoms with van der Waals surface area (Å²) in [7, 11) is 1.39. The van der Waals surface area contributed by atoms with Crippen LogP contribution < -0.4 is 5.32 Å². The van der Waals surface area contributed by atoms with Crippen molar-refractivity contribution in [2.45, 2.75) is 38.4 Å². The Morgan fingerprint density at radius 3 is 2.54 bits per heavy atom. The van der Waals surface area contributed by atoms with E-state index in [1.165, 1.54) is 35.9 Å². The lowest BCUT2D eigenvalue weighted by Crippen LogP contribution is -2.32. The van der Waals surface area contributed by atoms with Crippen molar-refractivity contribution in [1.29, 1.82) is 0 Å². The second-order valence-corrected chi connectivity index (χ2v) is 11.0. The van der Waals surface area contributed by atoms with E-state index in [0.29, 0.717) is 24.6 Å². The lowest BCUT2D eigenvalue weighted by molar-refractivity contribution is -0.122. The number of benzene rings is 4. The number of rotatable bonds is 8. The fourth-order valence-electron chi connectivity index (χ4n) is 6.01. The number of ether oxygens (including phenoxy) is 1. The van der Waals surface area contributed by atoms with Gasteiger partial charge in [-0.05, 0) is 82.0 Å². The quantitative estimate of drug-likeness (QED) is 0.264. The lowest BCUT2D eigenvalue weighted by atomic mass is 9.87. The Bertz CT molecular complexity index is 1570. The first-order valence-electron chi connectivity index (χ1n) is 14.1. The first-order valence-corrected chi connectivity index (χ1v) is 14.1. The fourth-order valence-corrected chi connectivity index (χ4v) is 6.01. The van der Waals surface area contributed by atoms with E-state index in [-0.39, 0.29) is 23.6 Å². The molecule has 6 rings (SSSR count). The van der Waals surface area contributed by atoms with Crippen molar-refractivity contribution >= 4 is 11.9 Å². The van der Waals surface area contributed by atoms with Crippen LogP contribution in [-0.4, -0.2) is 30.4 Å². The van der Waals surface area contributed by atoms with E-state index < -0.39 is 0 Å². The van der Waals surface area contributed by atoms with Crippen molar-refractivity contribution in [3.8, 4) is 11.1 Å². The van der Waals surface area contributed by atoms with E-state index in [0.717, 1.165) is 48.2 Å². The number of fused-ring (bicyclic) bond motifs is 1. The van der Waals surface area contributed by atoms with Crippen LogP contribution in [0.4, 0.5) is 4.39 Å². The number of hydrogen-bond donors (Lipinski definition) is 1. The van der Waals surface area contributed by atoms with Crippen molar-refractivity contribution in [3.05, 3.63) is 130 Å². The summed E-state index contributed by atoms with van der Waals surface area (Å²) in [5.74, 6) is -0.190. The predicted octanol–water partition coefficient (Wildman–Crippen LogP) is 6.26. The molecule has 1 fully saturated rings. The molecule has 1 heterocycles. The van der Waals surface area contributed by atoms with Gasteiger partial charge in [-0.3, -0.25) is 9.69 Å². The van der Waals surface area contributed by atoms with Crippen LogP contribution in [0.25, 0.3) is 11.1 Å². The number of carbonyl (C=O) groups excluding carboxylic acids is 2. The van der Waals surface area contributed by atoms with E-state index >= 15 is 0 Å². The molecule has 0 unspecified atom stereocenters. The Hall–Kier alpha value is -4.29. The molecule has 1 saturated carbocycles. The molecule has 0 aromatic heterocycles. The van der Waals surface area contributed by atoms with Gasteiger partial charge in [0, 0.05) is 32.1 Å². The van der Waals surface area contributed by atoms with Gasteiger partial charge in [-0.2, -0.15) is 0 Å². The summed E-state index contributed by atoms with van der Waals surface area (Å²) in [6.45, 7) is 2.75. The maximum Gasteiger partial charge on any atom is 0.337 e. The summed E-state index contributed by atoms with van der Waals surface area (Å²) in [5.41, 5.74) is 8.40. The molecule has 0 radical (unpaired) electrons. The molecular weight excluding hydrogens is 515 g/mol. The second-order valence-electron chi connectivity index (χ2n) is 11.0. The normalized spacial score (nSPS) is 17.9. The Morgan fingerprint density at radius 2 is 1.76 bits per heavy atom. The van der Waals surface area contributed by atoms with Crippen LogP contribution >= 0.6 is 0 Å². The number of nitrogens with one attached hydrogen (secondary N) is 1. The van der Waals surface area contributed by atoms with Crippen molar-refractivity contribution in [2.24, 2.45) is 5.92 Å². The summed E-state index contributed by atoms with van der Waals surface area (Å²) < 4.78 is 18.4. The number of hydrogen-bond acceptors (Lipinski definition) is 4. The van der Waals surface area contributed by atoms with Gasteiger partial charge in [0.2, 0.25) is 5.91 Å². The standard InChI is InChI=1S/C35H33FN2O3/c1-41-35(40)26-9-5-8-25(18-26)29-15-12-27(20-37-34(39)32-19-31(32)24-6-3-2-4-7-24)33-22-38(17-16-30(29)33)21-23-10-13-28(36)14-11-23/h2-15,18,31-32H,16-17,19-22H2,1H3,(H,37,39)/t31-,32-/m1/s1. The summed E-state index contributed by atoms with van der Waals surface area (Å²) >= 11 is 0. The van der Waals surface area contributed by atoms with Crippen LogP contribution in [0.1, 0.15) is 50.5 Å². The van der Waals surface area contributed by atoms with Crippen LogP contribution in [0.3, 0.4) is 0 Å². The van der Waals surface area contributed by atoms with Gasteiger partial charge in [0.15, 0.2) is 0 Å². The summed E-state index contributed by atoms with van der Waals surface area (Å²) in [5, 5.41) is 3.21. The number of carbonyl (C=O) groups is 2. The van der Waals surface area contributed by atoms with Gasteiger partial charge in [0.25, 0.3) is 0 Å². The molecule has 0 saturated heterocycles. The van der Waals surface area contributed by atoms with Crippen LogP contribution in [-0.2, 0) is 35.6 Å². The maximum absolute atomic E-state index is 13.5. The largest absolute Gasteiger partial charge is 0.465 e. The number of esters is 1. The van der Waals surface area contributed by atoms with Crippen LogP contribution in [0, 0.1) is 11.7 Å². The Kier molecular flexibility index (Phi) is 7.66. The summed E-state index contributed by atoms with van der Waals surface area (Å²) in [4.78, 5) is 27.7. The van der Waals surface area contributed by atoms with E-state index in [9.17, 15) is 14.0 Å². The minimum atomic E-state index is -0.362. The second kappa shape index (κ2) is 11.7. The van der Waals surface area contributed by atoms with Crippen molar-refractivity contribution in [2.75, 3.05) is 13.7 Å². The molecule has 1 N–H and O–H groups in total. The molecule has 1 amide bonds. The lowest BCUT2D eigenvalue weighted by Gasteiger charge is -2.32. The highest BCUT2D eigenvalue weighted by molar-refractivity contribution is 5.91. The topological polar surface area (TPSA) is 58.6 Å². The van der Waals surface area contributed by atoms with Crippen molar-refractivity contribution < 1.29 is 18.7 Å². The number of nitrogens with zero attached hydrogens (tertiary/aromatic N) is 1. The van der Waals surface area contributed by atoms with Crippen LogP contribution in [0.5, 0.6) is 0 Å². The van der Waals surface area contributed by atoms with Crippen LogP contribution in [0.15, 0.2) is 91.0 Å². The third-order valence-electron chi connectivity index (χ3n) is 8.31. The van der Waals surface area contributed by atoms with Gasteiger partial charge < -0.3 is 10.1 Å². The number of amides is 1. The average Bonchev–Trinajstić information content (AvgIpc) is 3.82. The van der Waals surface area contributed by atoms with Gasteiger partial charge in [-0.15, -0.1) is 0 Å². The van der Waals surface area contributed by atoms with Gasteiger partial charge in [0.05, 0.1) is 12.7 Å². The zero-order chi connectivity index (χ0) is 28.3. The van der Waals surface area contributed by atoms with E-state index in [4.69, 9.17) is 4.74 Å². The number of halogens is 1. The van der Waals surface area contributed by atoms with Crippen molar-refractivity contribution in [3.63, 3.8) is 0 Å². The van der Waals surface area contributed by atoms with E-state index in [1.807, 2.05) is 48.5 Å². The van der Waals surface area contributed by atoms with Gasteiger partial charge >= 0.3 is 5.97 Å². The average molecular weight is 549 g/mol. The minimum absolute atomic E-state index is 0.0172. The highest BCUT2D eigenvalue weighted by Crippen LogP contribution is 2.47. The highest BCUT2D eigenvalue weighted by Gasteiger charge is 2.43. The monoisotopic (exact) mass is 548 g/mol. The van der Waals surface area contributed by atoms with E-state index in [2.05, 4.69) is 34.5 Å². The Balaban J connectivity index is 1.25. The predicted molar refractivity (Wildman–Crippen MR) is 157 cm³/mol. The number of methoxy groups -OCH3 is 1. The summed E-state index contributed by atoms with van der Waals surface area (Å²) in [6, 6.07) is 28.6. The third-order valence-corrected chi connectivity index (χ3v) is 8.31. The molecule has 1 aliphatic carbocycles. The highest BCUT2D eigenvalue weighted by atomic mass is 19.1. The first-order chi connectivity index (χ1) is 20.0. The zero-order valence-corrected chi connectivity index (χ0v) is 23.1. The smallest absolute Gasteiger partial charge is 0.337 e. The first kappa shape index (κ1) is 26.9. The van der Waals surface area contributed by atoms with Crippen molar-refractivity contribution in [1.82, 2.24) is 10.2 Å². The Labute approximate surface area is 240 Å². The molecule has 1 aliphatic heterocycles. The van der Waals surface area contributed by atoms with Gasteiger partial charge in [-0.25, -0.2) is 9.18 Å². The molecule has 0 bridgehead atoms. The molecule has 0 spiro atoms. The molecule has 2 atom stereocenters. The van der Waals surface area contributed by atoms with Gasteiger partial charge in [0.1, 0.15) is 5.82 Å². The zero-order valence-electron chi connectivity index (χ0n) is 23.1. The van der Waals surface area contributed by atoms with Crippen LogP contribution in [0.2, 0.25) is 0 Å². The molecular formula is C35H33FN2O3. The summed E-state index contributed by atoms with van der Waals surface area (Å²) in [6.07, 6.45) is 1.71. The molecule has 4 aromatic carbocycles. The minimum Gasteiger partial charge on any atom is -0.465 e. The maximum atomic E-state index is 13.5. The molecule has 41 heavy (non-hydrogen) atoms. The molecule has 2 aliphatic rings.